The van der Waals surface area contributed by atoms with Crippen LogP contribution in [0.3, 0.4) is 0 Å². The van der Waals surface area contributed by atoms with Crippen molar-refractivity contribution in [3.05, 3.63) is 72.3 Å². The van der Waals surface area contributed by atoms with Crippen LogP contribution < -0.4 is 5.11 Å². The summed E-state index contributed by atoms with van der Waals surface area (Å²) in [6, 6.07) is 15.0. The van der Waals surface area contributed by atoms with E-state index in [4.69, 9.17) is 5.11 Å². The molecule has 0 fully saturated rings. The lowest BCUT2D eigenvalue weighted by atomic mass is 10.2. The van der Waals surface area contributed by atoms with Gasteiger partial charge in [0.05, 0.1) is 33.2 Å². The highest BCUT2D eigenvalue weighted by Crippen LogP contribution is 2.26. The van der Waals surface area contributed by atoms with Crippen molar-refractivity contribution in [3.8, 4) is 5.75 Å². The Bertz CT molecular complexity index is 1240. The Hall–Kier alpha value is -3.96. The van der Waals surface area contributed by atoms with Gasteiger partial charge in [0.2, 0.25) is 0 Å². The minimum Gasteiger partial charge on any atom is -0.872 e. The van der Waals surface area contributed by atoms with Crippen molar-refractivity contribution in [2.75, 3.05) is 0 Å². The van der Waals surface area contributed by atoms with E-state index in [1.54, 1.807) is 24.3 Å². The van der Waals surface area contributed by atoms with Crippen molar-refractivity contribution in [1.82, 2.24) is 0 Å². The average Bonchev–Trinajstić information content (AvgIpc) is 2.72. The first-order valence-electron chi connectivity index (χ1n) is 8.26. The van der Waals surface area contributed by atoms with Crippen LogP contribution in [0.1, 0.15) is 10.4 Å². The largest absolute Gasteiger partial charge is 0.872 e. The van der Waals surface area contributed by atoms with Gasteiger partial charge >= 0.3 is 5.97 Å². The number of benzene rings is 3. The van der Waals surface area contributed by atoms with Gasteiger partial charge in [-0.3, -0.25) is 0 Å². The summed E-state index contributed by atoms with van der Waals surface area (Å²) in [7, 11) is -4.51. The topological polar surface area (TPSA) is 167 Å². The van der Waals surface area contributed by atoms with Gasteiger partial charge in [-0.1, -0.05) is 11.8 Å². The monoisotopic (exact) mass is 424 g/mol. The fraction of sp³-hybridized carbons (Fsp3) is 0. The normalized spacial score (nSPS) is 11.9. The van der Waals surface area contributed by atoms with E-state index in [-0.39, 0.29) is 16.1 Å². The molecule has 11 heteroatoms. The molecule has 3 aromatic rings. The predicted octanol–water partition coefficient (Wildman–Crippen LogP) is 4.19. The van der Waals surface area contributed by atoms with Crippen LogP contribution in [0.25, 0.3) is 0 Å². The molecule has 3 rings (SSSR count). The van der Waals surface area contributed by atoms with Gasteiger partial charge < -0.3 is 14.8 Å². The lowest BCUT2D eigenvalue weighted by molar-refractivity contribution is -0.268. The van der Waals surface area contributed by atoms with E-state index in [1.165, 1.54) is 18.2 Å². The molecule has 3 aromatic carbocycles. The van der Waals surface area contributed by atoms with Gasteiger partial charge in [-0.05, 0) is 60.7 Å². The molecule has 0 saturated carbocycles. The van der Waals surface area contributed by atoms with Crippen LogP contribution >= 0.6 is 0 Å². The van der Waals surface area contributed by atoms with Gasteiger partial charge in [0.1, 0.15) is 10.1 Å². The second kappa shape index (κ2) is 8.59. The molecule has 0 bridgehead atoms. The minimum absolute atomic E-state index is 0.222. The minimum atomic E-state index is -4.51. The zero-order valence-electron chi connectivity index (χ0n) is 15.0. The molecule has 0 amide bonds. The van der Waals surface area contributed by atoms with Crippen molar-refractivity contribution in [1.29, 1.82) is 0 Å². The fourth-order valence-corrected chi connectivity index (χ4v) is 2.71. The number of azo groups is 2. The molecule has 0 spiro atoms. The molecule has 10 nitrogen and oxygen atoms in total. The van der Waals surface area contributed by atoms with E-state index in [2.05, 4.69) is 20.5 Å². The summed E-state index contributed by atoms with van der Waals surface area (Å²) >= 11 is 0. The zero-order chi connectivity index (χ0) is 21.7. The molecular weight excluding hydrogens is 412 g/mol. The van der Waals surface area contributed by atoms with E-state index in [9.17, 15) is 22.9 Å². The van der Waals surface area contributed by atoms with Crippen molar-refractivity contribution in [2.45, 2.75) is 4.90 Å². The van der Waals surface area contributed by atoms with Crippen LogP contribution in [0, 0.1) is 0 Å². The van der Waals surface area contributed by atoms with E-state index in [0.717, 1.165) is 24.3 Å². The number of aromatic carboxylic acids is 1. The SMILES string of the molecule is O=C(O)c1cc(N=Nc2ccc(N=Nc3ccc(S(=O)(=O)[O-])cc3)cc2)ccc1[O-]. The molecular formula is C19H12N4O6S-2. The summed E-state index contributed by atoms with van der Waals surface area (Å²) in [4.78, 5) is 10.6. The fourth-order valence-electron chi connectivity index (χ4n) is 2.24. The number of carboxylic acids is 1. The first-order valence-corrected chi connectivity index (χ1v) is 9.67. The van der Waals surface area contributed by atoms with Gasteiger partial charge in [0.15, 0.2) is 0 Å². The van der Waals surface area contributed by atoms with Crippen LogP contribution in [-0.2, 0) is 10.1 Å². The summed E-state index contributed by atoms with van der Waals surface area (Å²) in [6.45, 7) is 0. The maximum absolute atomic E-state index is 11.4. The van der Waals surface area contributed by atoms with Gasteiger partial charge in [-0.2, -0.15) is 20.5 Å². The smallest absolute Gasteiger partial charge is 0.335 e. The molecule has 0 aliphatic carbocycles. The summed E-state index contributed by atoms with van der Waals surface area (Å²) < 4.78 is 32.7. The van der Waals surface area contributed by atoms with Gasteiger partial charge in [0.25, 0.3) is 0 Å². The number of carbonyl (C=O) groups is 1. The lowest BCUT2D eigenvalue weighted by Crippen LogP contribution is -2.02. The molecule has 0 heterocycles. The Morgan fingerprint density at radius 1 is 0.733 bits per heavy atom. The summed E-state index contributed by atoms with van der Waals surface area (Å²) in [5.74, 6) is -1.95. The van der Waals surface area contributed by atoms with Crippen LogP contribution in [0.5, 0.6) is 5.75 Å². The van der Waals surface area contributed by atoms with Crippen molar-refractivity contribution in [2.24, 2.45) is 20.5 Å². The summed E-state index contributed by atoms with van der Waals surface area (Å²) in [5, 5.41) is 36.2. The molecule has 0 aliphatic heterocycles. The third kappa shape index (κ3) is 5.31. The number of hydrogen-bond donors (Lipinski definition) is 1. The van der Waals surface area contributed by atoms with Crippen molar-refractivity contribution < 1.29 is 28.0 Å². The van der Waals surface area contributed by atoms with E-state index >= 15 is 0 Å². The van der Waals surface area contributed by atoms with Crippen LogP contribution in [0.2, 0.25) is 0 Å². The van der Waals surface area contributed by atoms with Crippen LogP contribution in [0.4, 0.5) is 22.7 Å². The number of nitrogens with zero attached hydrogens (tertiary/aromatic N) is 4. The highest BCUT2D eigenvalue weighted by Gasteiger charge is 2.05. The van der Waals surface area contributed by atoms with Gasteiger partial charge in [0, 0.05) is 0 Å². The molecule has 30 heavy (non-hydrogen) atoms. The highest BCUT2D eigenvalue weighted by molar-refractivity contribution is 7.85. The zero-order valence-corrected chi connectivity index (χ0v) is 15.9. The Kier molecular flexibility index (Phi) is 5.95. The Morgan fingerprint density at radius 3 is 1.57 bits per heavy atom. The number of hydrogen-bond acceptors (Lipinski definition) is 9. The Morgan fingerprint density at radius 2 is 1.13 bits per heavy atom. The maximum Gasteiger partial charge on any atom is 0.335 e. The summed E-state index contributed by atoms with van der Waals surface area (Å²) in [6.07, 6.45) is 0. The molecule has 0 radical (unpaired) electrons. The van der Waals surface area contributed by atoms with Crippen molar-refractivity contribution >= 4 is 38.8 Å². The molecule has 152 valence electrons. The predicted molar refractivity (Wildman–Crippen MR) is 102 cm³/mol. The Balaban J connectivity index is 1.69. The molecule has 0 aromatic heterocycles. The molecule has 0 unspecified atom stereocenters. The molecule has 0 aliphatic rings. The Labute approximate surface area is 170 Å². The number of carboxylic acid groups (broad SMARTS) is 1. The second-order valence-corrected chi connectivity index (χ2v) is 7.23. The van der Waals surface area contributed by atoms with E-state index in [0.29, 0.717) is 17.1 Å². The van der Waals surface area contributed by atoms with Gasteiger partial charge in [-0.25, -0.2) is 13.2 Å². The summed E-state index contributed by atoms with van der Waals surface area (Å²) in [5.41, 5.74) is 1.14. The third-order valence-electron chi connectivity index (χ3n) is 3.73. The van der Waals surface area contributed by atoms with Crippen LogP contribution in [-0.4, -0.2) is 24.0 Å². The maximum atomic E-state index is 11.4. The standard InChI is InChI=1S/C19H14N4O6S/c24-18-10-7-15(11-17(18)19(25)26)23-22-13-3-1-12(2-4-13)20-21-14-5-8-16(9-6-14)30(27,28)29/h1-11,24H,(H,25,26)(H,27,28,29)/p-2. The van der Waals surface area contributed by atoms with Crippen LogP contribution in [0.15, 0.2) is 92.1 Å². The second-order valence-electron chi connectivity index (χ2n) is 5.85. The lowest BCUT2D eigenvalue weighted by Gasteiger charge is -2.09. The molecule has 0 saturated heterocycles. The first-order chi connectivity index (χ1) is 14.2. The molecule has 1 N–H and O–H groups in total. The van der Waals surface area contributed by atoms with E-state index < -0.39 is 21.8 Å². The average molecular weight is 424 g/mol. The number of rotatable bonds is 6. The van der Waals surface area contributed by atoms with E-state index in [1.807, 2.05) is 0 Å². The highest BCUT2D eigenvalue weighted by atomic mass is 32.2. The van der Waals surface area contributed by atoms with Gasteiger partial charge in [-0.15, -0.1) is 0 Å². The quantitative estimate of drug-likeness (QED) is 0.459. The first kappa shape index (κ1) is 20.8. The van der Waals surface area contributed by atoms with Crippen molar-refractivity contribution in [3.63, 3.8) is 0 Å². The molecule has 0 atom stereocenters. The third-order valence-corrected chi connectivity index (χ3v) is 4.58.